The predicted octanol–water partition coefficient (Wildman–Crippen LogP) is -1.07. The van der Waals surface area contributed by atoms with Crippen molar-refractivity contribution in [2.24, 2.45) is 0 Å². The van der Waals surface area contributed by atoms with Crippen LogP contribution in [0.4, 0.5) is 10.2 Å². The molecule has 3 atom stereocenters. The Hall–Kier alpha value is -1.77. The first kappa shape index (κ1) is 12.7. The van der Waals surface area contributed by atoms with Crippen LogP contribution in [0.1, 0.15) is 6.23 Å². The number of hydrogen-bond acceptors (Lipinski definition) is 6. The normalized spacial score (nSPS) is 29.9. The third-order valence-electron chi connectivity index (χ3n) is 2.69. The SMILES string of the molecule is Nc1ccn(C2O[C@H](CO)[C@@H](O)C2=CF)c(=O)n1. The Bertz CT molecular complexity index is 530. The van der Waals surface area contributed by atoms with Crippen LogP contribution >= 0.6 is 0 Å². The molecule has 8 heteroatoms. The van der Waals surface area contributed by atoms with Gasteiger partial charge in [-0.3, -0.25) is 4.57 Å². The molecule has 0 aromatic carbocycles. The monoisotopic (exact) mass is 257 g/mol. The van der Waals surface area contributed by atoms with Crippen LogP contribution in [0.2, 0.25) is 0 Å². The lowest BCUT2D eigenvalue weighted by molar-refractivity contribution is -0.0447. The first-order valence-corrected chi connectivity index (χ1v) is 5.17. The summed E-state index contributed by atoms with van der Waals surface area (Å²) < 4.78 is 19.0. The van der Waals surface area contributed by atoms with Gasteiger partial charge in [0.1, 0.15) is 18.0 Å². The van der Waals surface area contributed by atoms with Gasteiger partial charge in [-0.05, 0) is 6.07 Å². The average Bonchev–Trinajstić information content (AvgIpc) is 2.65. The summed E-state index contributed by atoms with van der Waals surface area (Å²) in [4.78, 5) is 15.1. The summed E-state index contributed by atoms with van der Waals surface area (Å²) in [6, 6.07) is 1.35. The minimum Gasteiger partial charge on any atom is -0.394 e. The van der Waals surface area contributed by atoms with Gasteiger partial charge in [0.15, 0.2) is 6.23 Å². The summed E-state index contributed by atoms with van der Waals surface area (Å²) in [7, 11) is 0. The zero-order valence-corrected chi connectivity index (χ0v) is 9.23. The Kier molecular flexibility index (Phi) is 3.41. The van der Waals surface area contributed by atoms with E-state index in [4.69, 9.17) is 15.6 Å². The molecule has 0 radical (unpaired) electrons. The van der Waals surface area contributed by atoms with Crippen LogP contribution in [0.3, 0.4) is 0 Å². The number of nitrogens with two attached hydrogens (primary N) is 1. The van der Waals surface area contributed by atoms with Crippen LogP contribution in [-0.4, -0.2) is 38.6 Å². The van der Waals surface area contributed by atoms with E-state index in [1.165, 1.54) is 12.3 Å². The fourth-order valence-electron chi connectivity index (χ4n) is 1.77. The Morgan fingerprint density at radius 1 is 1.67 bits per heavy atom. The largest absolute Gasteiger partial charge is 0.394 e. The quantitative estimate of drug-likeness (QED) is 0.622. The maximum absolute atomic E-state index is 12.8. The zero-order valence-electron chi connectivity index (χ0n) is 9.23. The second-order valence-electron chi connectivity index (χ2n) is 3.81. The summed E-state index contributed by atoms with van der Waals surface area (Å²) in [5, 5.41) is 18.6. The first-order chi connectivity index (χ1) is 8.58. The zero-order chi connectivity index (χ0) is 13.3. The standard InChI is InChI=1S/C10H12FN3O4/c11-3-5-8(16)6(4-15)18-9(5)14-2-1-7(12)13-10(14)17/h1-3,6,8-9,15-16H,4H2,(H2,12,13,17)/t6-,8+,9?/m1/s1. The topological polar surface area (TPSA) is 111 Å². The van der Waals surface area contributed by atoms with Crippen molar-refractivity contribution in [3.8, 4) is 0 Å². The fraction of sp³-hybridized carbons (Fsp3) is 0.400. The molecule has 2 rings (SSSR count). The Labute approximate surface area is 101 Å². The van der Waals surface area contributed by atoms with Gasteiger partial charge in [0, 0.05) is 11.8 Å². The summed E-state index contributed by atoms with van der Waals surface area (Å²) in [6.07, 6.45) is -1.99. The number of ether oxygens (including phenoxy) is 1. The van der Waals surface area contributed by atoms with E-state index in [1.54, 1.807) is 0 Å². The molecule has 2 heterocycles. The van der Waals surface area contributed by atoms with Crippen molar-refractivity contribution in [3.05, 3.63) is 34.7 Å². The molecule has 1 saturated heterocycles. The lowest BCUT2D eigenvalue weighted by atomic mass is 10.1. The van der Waals surface area contributed by atoms with E-state index in [0.717, 1.165) is 4.57 Å². The van der Waals surface area contributed by atoms with Gasteiger partial charge >= 0.3 is 5.69 Å². The third kappa shape index (κ3) is 2.01. The number of nitrogen functional groups attached to an aromatic ring is 1. The molecule has 1 aromatic rings. The molecule has 98 valence electrons. The van der Waals surface area contributed by atoms with E-state index < -0.39 is 30.7 Å². The number of nitrogens with zero attached hydrogens (tertiary/aromatic N) is 2. The van der Waals surface area contributed by atoms with E-state index in [0.29, 0.717) is 0 Å². The van der Waals surface area contributed by atoms with Crippen molar-refractivity contribution in [1.82, 2.24) is 9.55 Å². The lowest BCUT2D eigenvalue weighted by Gasteiger charge is -2.14. The first-order valence-electron chi connectivity index (χ1n) is 5.17. The number of halogens is 1. The second kappa shape index (κ2) is 4.84. The van der Waals surface area contributed by atoms with Crippen molar-refractivity contribution in [3.63, 3.8) is 0 Å². The van der Waals surface area contributed by atoms with Gasteiger partial charge in [0.25, 0.3) is 0 Å². The van der Waals surface area contributed by atoms with E-state index in [-0.39, 0.29) is 17.7 Å². The Morgan fingerprint density at radius 2 is 2.39 bits per heavy atom. The summed E-state index contributed by atoms with van der Waals surface area (Å²) in [5.41, 5.74) is 4.45. The van der Waals surface area contributed by atoms with Crippen LogP contribution in [0.5, 0.6) is 0 Å². The maximum atomic E-state index is 12.8. The highest BCUT2D eigenvalue weighted by Gasteiger charge is 2.40. The number of anilines is 1. The fourth-order valence-corrected chi connectivity index (χ4v) is 1.77. The highest BCUT2D eigenvalue weighted by molar-refractivity contribution is 5.25. The maximum Gasteiger partial charge on any atom is 0.351 e. The highest BCUT2D eigenvalue weighted by atomic mass is 19.1. The summed E-state index contributed by atoms with van der Waals surface area (Å²) in [6.45, 7) is -0.494. The summed E-state index contributed by atoms with van der Waals surface area (Å²) in [5.74, 6) is 0.0271. The molecule has 0 amide bonds. The second-order valence-corrected chi connectivity index (χ2v) is 3.81. The Balaban J connectivity index is 2.41. The molecule has 18 heavy (non-hydrogen) atoms. The van der Waals surface area contributed by atoms with Gasteiger partial charge in [0.2, 0.25) is 0 Å². The van der Waals surface area contributed by atoms with Crippen LogP contribution < -0.4 is 11.4 Å². The van der Waals surface area contributed by atoms with Gasteiger partial charge in [0.05, 0.1) is 12.9 Å². The van der Waals surface area contributed by atoms with Crippen LogP contribution in [-0.2, 0) is 4.74 Å². The smallest absolute Gasteiger partial charge is 0.351 e. The van der Waals surface area contributed by atoms with Gasteiger partial charge in [-0.25, -0.2) is 9.18 Å². The van der Waals surface area contributed by atoms with Crippen molar-refractivity contribution in [2.45, 2.75) is 18.4 Å². The van der Waals surface area contributed by atoms with Gasteiger partial charge < -0.3 is 20.7 Å². The number of rotatable bonds is 2. The highest BCUT2D eigenvalue weighted by Crippen LogP contribution is 2.33. The molecular formula is C10H12FN3O4. The van der Waals surface area contributed by atoms with Crippen LogP contribution in [0.15, 0.2) is 29.0 Å². The molecule has 1 aliphatic heterocycles. The molecular weight excluding hydrogens is 245 g/mol. The predicted molar refractivity (Wildman–Crippen MR) is 59.1 cm³/mol. The molecule has 7 nitrogen and oxygen atoms in total. The van der Waals surface area contributed by atoms with Gasteiger partial charge in [-0.15, -0.1) is 0 Å². The number of hydrogen-bond donors (Lipinski definition) is 3. The van der Waals surface area contributed by atoms with Crippen molar-refractivity contribution < 1.29 is 19.3 Å². The minimum atomic E-state index is -1.31. The summed E-state index contributed by atoms with van der Waals surface area (Å²) >= 11 is 0. The molecule has 1 aromatic heterocycles. The molecule has 4 N–H and O–H groups in total. The molecule has 1 fully saturated rings. The molecule has 0 spiro atoms. The molecule has 1 aliphatic rings. The number of aromatic nitrogens is 2. The van der Waals surface area contributed by atoms with E-state index in [9.17, 15) is 14.3 Å². The van der Waals surface area contributed by atoms with Crippen LogP contribution in [0.25, 0.3) is 0 Å². The van der Waals surface area contributed by atoms with Crippen molar-refractivity contribution >= 4 is 5.82 Å². The van der Waals surface area contributed by atoms with Crippen molar-refractivity contribution in [2.75, 3.05) is 12.3 Å². The number of aliphatic hydroxyl groups is 2. The van der Waals surface area contributed by atoms with Crippen LogP contribution in [0, 0.1) is 0 Å². The van der Waals surface area contributed by atoms with E-state index in [2.05, 4.69) is 4.98 Å². The lowest BCUT2D eigenvalue weighted by Crippen LogP contribution is -2.28. The number of aliphatic hydroxyl groups excluding tert-OH is 2. The molecule has 0 bridgehead atoms. The Morgan fingerprint density at radius 3 is 2.94 bits per heavy atom. The third-order valence-corrected chi connectivity index (χ3v) is 2.69. The molecule has 0 aliphatic carbocycles. The molecule has 0 saturated carbocycles. The van der Waals surface area contributed by atoms with E-state index in [1.807, 2.05) is 0 Å². The average molecular weight is 257 g/mol. The molecule has 1 unspecified atom stereocenters. The van der Waals surface area contributed by atoms with E-state index >= 15 is 0 Å². The van der Waals surface area contributed by atoms with Gasteiger partial charge in [-0.1, -0.05) is 0 Å². The van der Waals surface area contributed by atoms with Gasteiger partial charge in [-0.2, -0.15) is 4.98 Å². The van der Waals surface area contributed by atoms with Crippen molar-refractivity contribution in [1.29, 1.82) is 0 Å². The minimum absolute atomic E-state index is 0.0271.